The summed E-state index contributed by atoms with van der Waals surface area (Å²) in [5.41, 5.74) is 1.41. The van der Waals surface area contributed by atoms with Gasteiger partial charge in [-0.1, -0.05) is 44.2 Å². The molecule has 0 unspecified atom stereocenters. The quantitative estimate of drug-likeness (QED) is 0.652. The molecule has 1 rings (SSSR count). The molecule has 11 heavy (non-hydrogen) atoms. The third-order valence-electron chi connectivity index (χ3n) is 1.47. The first-order chi connectivity index (χ1) is 4.30. The minimum Gasteiger partial charge on any atom is -0.344 e. The molecule has 1 aromatic carbocycles. The predicted molar refractivity (Wildman–Crippen MR) is 50.6 cm³/mol. The Hall–Kier alpha value is -0.860. The zero-order valence-corrected chi connectivity index (χ0v) is 7.38. The van der Waals surface area contributed by atoms with Crippen molar-refractivity contribution in [2.75, 3.05) is 0 Å². The lowest BCUT2D eigenvalue weighted by Crippen LogP contribution is -1.83. The first-order valence-corrected chi connectivity index (χ1v) is 3.35. The smallest absolute Gasteiger partial charge is 0.0219 e. The van der Waals surface area contributed by atoms with E-state index in [-0.39, 0.29) is 12.3 Å². The van der Waals surface area contributed by atoms with Gasteiger partial charge < -0.3 is 12.3 Å². The molecule has 0 aliphatic carbocycles. The molecule has 0 bridgehead atoms. The second kappa shape index (κ2) is 5.89. The van der Waals surface area contributed by atoms with Crippen molar-refractivity contribution in [3.63, 3.8) is 0 Å². The Morgan fingerprint density at radius 1 is 0.909 bits per heavy atom. The fraction of sp³-hybridized carbons (Fsp3) is 0.333. The van der Waals surface area contributed by atoms with Crippen LogP contribution < -0.4 is 12.3 Å². The first-order valence-electron chi connectivity index (χ1n) is 3.35. The maximum Gasteiger partial charge on any atom is -0.0219 e. The molecule has 6 N–H and O–H groups in total. The van der Waals surface area contributed by atoms with E-state index >= 15 is 0 Å². The molecule has 0 aliphatic rings. The van der Waals surface area contributed by atoms with Crippen LogP contribution in [0.15, 0.2) is 30.3 Å². The van der Waals surface area contributed by atoms with E-state index in [1.165, 1.54) is 5.56 Å². The minimum atomic E-state index is 0. The molecule has 0 saturated heterocycles. The number of hydrogen-bond acceptors (Lipinski definition) is 2. The second-order valence-corrected chi connectivity index (χ2v) is 2.57. The van der Waals surface area contributed by atoms with Crippen LogP contribution in [0.1, 0.15) is 25.3 Å². The van der Waals surface area contributed by atoms with Crippen LogP contribution in [-0.4, -0.2) is 0 Å². The number of rotatable bonds is 1. The summed E-state index contributed by atoms with van der Waals surface area (Å²) in [6.07, 6.45) is 0. The van der Waals surface area contributed by atoms with E-state index in [1.54, 1.807) is 0 Å². The molecule has 0 atom stereocenters. The van der Waals surface area contributed by atoms with Gasteiger partial charge in [0, 0.05) is 0 Å². The monoisotopic (exact) mass is 154 g/mol. The summed E-state index contributed by atoms with van der Waals surface area (Å²) in [6.45, 7) is 4.41. The molecule has 64 valence electrons. The zero-order valence-electron chi connectivity index (χ0n) is 7.38. The molecule has 0 aliphatic heterocycles. The molecule has 0 fully saturated rings. The van der Waals surface area contributed by atoms with Gasteiger partial charge in [0.25, 0.3) is 0 Å². The van der Waals surface area contributed by atoms with Gasteiger partial charge in [-0.25, -0.2) is 0 Å². The molecular formula is C9H18N2. The number of hydrogen-bond donors (Lipinski definition) is 2. The standard InChI is InChI=1S/C9H12.2H3N/c1-8(2)9-6-4-3-5-7-9;;/h3-8H,1-2H3;2*1H3. The van der Waals surface area contributed by atoms with E-state index in [0.29, 0.717) is 5.92 Å². The van der Waals surface area contributed by atoms with Crippen molar-refractivity contribution >= 4 is 0 Å². The third kappa shape index (κ3) is 3.75. The second-order valence-electron chi connectivity index (χ2n) is 2.57. The molecule has 0 spiro atoms. The van der Waals surface area contributed by atoms with Crippen molar-refractivity contribution in [3.05, 3.63) is 35.9 Å². The van der Waals surface area contributed by atoms with E-state index in [1.807, 2.05) is 6.07 Å². The Morgan fingerprint density at radius 2 is 1.36 bits per heavy atom. The summed E-state index contributed by atoms with van der Waals surface area (Å²) in [6, 6.07) is 10.5. The van der Waals surface area contributed by atoms with Gasteiger partial charge in [-0.3, -0.25) is 0 Å². The van der Waals surface area contributed by atoms with E-state index in [9.17, 15) is 0 Å². The summed E-state index contributed by atoms with van der Waals surface area (Å²) in [5.74, 6) is 0.659. The zero-order chi connectivity index (χ0) is 6.69. The Labute approximate surface area is 68.8 Å². The van der Waals surface area contributed by atoms with Crippen molar-refractivity contribution in [1.82, 2.24) is 12.3 Å². The third-order valence-corrected chi connectivity index (χ3v) is 1.47. The van der Waals surface area contributed by atoms with E-state index in [0.717, 1.165) is 0 Å². The van der Waals surface area contributed by atoms with Gasteiger partial charge in [0.05, 0.1) is 0 Å². The maximum atomic E-state index is 2.20. The van der Waals surface area contributed by atoms with E-state index in [4.69, 9.17) is 0 Å². The summed E-state index contributed by atoms with van der Waals surface area (Å²) in [7, 11) is 0. The van der Waals surface area contributed by atoms with Crippen LogP contribution in [0.25, 0.3) is 0 Å². The van der Waals surface area contributed by atoms with Crippen molar-refractivity contribution in [1.29, 1.82) is 0 Å². The highest BCUT2D eigenvalue weighted by Gasteiger charge is 1.93. The average molecular weight is 154 g/mol. The highest BCUT2D eigenvalue weighted by Crippen LogP contribution is 2.11. The fourth-order valence-corrected chi connectivity index (χ4v) is 0.838. The molecule has 2 heteroatoms. The van der Waals surface area contributed by atoms with Crippen LogP contribution in [0.3, 0.4) is 0 Å². The molecule has 0 heterocycles. The normalized spacial score (nSPS) is 8.27. The van der Waals surface area contributed by atoms with Crippen LogP contribution in [-0.2, 0) is 0 Å². The topological polar surface area (TPSA) is 70.0 Å². The summed E-state index contributed by atoms with van der Waals surface area (Å²) in [5, 5.41) is 0. The van der Waals surface area contributed by atoms with Crippen LogP contribution in [0.4, 0.5) is 0 Å². The van der Waals surface area contributed by atoms with Crippen molar-refractivity contribution < 1.29 is 0 Å². The van der Waals surface area contributed by atoms with E-state index < -0.39 is 0 Å². The fourth-order valence-electron chi connectivity index (χ4n) is 0.838. The first kappa shape index (κ1) is 12.8. The molecule has 1 aromatic rings. The van der Waals surface area contributed by atoms with Gasteiger partial charge >= 0.3 is 0 Å². The van der Waals surface area contributed by atoms with Gasteiger partial charge in [0.15, 0.2) is 0 Å². The van der Waals surface area contributed by atoms with Crippen molar-refractivity contribution in [2.24, 2.45) is 0 Å². The SMILES string of the molecule is CC(C)c1ccccc1.N.N. The van der Waals surface area contributed by atoms with Crippen molar-refractivity contribution in [3.8, 4) is 0 Å². The lowest BCUT2D eigenvalue weighted by Gasteiger charge is -2.01. The summed E-state index contributed by atoms with van der Waals surface area (Å²) < 4.78 is 0. The van der Waals surface area contributed by atoms with Crippen LogP contribution in [0, 0.1) is 0 Å². The van der Waals surface area contributed by atoms with Gasteiger partial charge in [0.1, 0.15) is 0 Å². The Balaban J connectivity index is 0. The molecule has 0 amide bonds. The van der Waals surface area contributed by atoms with Gasteiger partial charge in [0.2, 0.25) is 0 Å². The lowest BCUT2D eigenvalue weighted by atomic mass is 10.0. The van der Waals surface area contributed by atoms with Crippen molar-refractivity contribution in [2.45, 2.75) is 19.8 Å². The maximum absolute atomic E-state index is 2.20. The summed E-state index contributed by atoms with van der Waals surface area (Å²) >= 11 is 0. The van der Waals surface area contributed by atoms with Crippen LogP contribution in [0.2, 0.25) is 0 Å². The van der Waals surface area contributed by atoms with E-state index in [2.05, 4.69) is 38.1 Å². The Kier molecular flexibility index (Phi) is 6.85. The van der Waals surface area contributed by atoms with Gasteiger partial charge in [-0.15, -0.1) is 0 Å². The highest BCUT2D eigenvalue weighted by molar-refractivity contribution is 5.17. The Morgan fingerprint density at radius 3 is 1.64 bits per heavy atom. The Bertz CT molecular complexity index is 170. The van der Waals surface area contributed by atoms with Gasteiger partial charge in [-0.05, 0) is 11.5 Å². The van der Waals surface area contributed by atoms with Crippen LogP contribution >= 0.6 is 0 Å². The number of benzene rings is 1. The lowest BCUT2D eigenvalue weighted by molar-refractivity contribution is 0.867. The average Bonchev–Trinajstić information content (AvgIpc) is 1.90. The van der Waals surface area contributed by atoms with Gasteiger partial charge in [-0.2, -0.15) is 0 Å². The predicted octanol–water partition coefficient (Wildman–Crippen LogP) is 3.13. The molecule has 0 saturated carbocycles. The largest absolute Gasteiger partial charge is 0.344 e. The minimum absolute atomic E-state index is 0. The molecule has 0 aromatic heterocycles. The molecule has 2 nitrogen and oxygen atoms in total. The highest BCUT2D eigenvalue weighted by atomic mass is 14.0. The van der Waals surface area contributed by atoms with Crippen LogP contribution in [0.5, 0.6) is 0 Å². The molecular weight excluding hydrogens is 136 g/mol. The summed E-state index contributed by atoms with van der Waals surface area (Å²) in [4.78, 5) is 0. The molecule has 0 radical (unpaired) electrons.